The van der Waals surface area contributed by atoms with Crippen molar-refractivity contribution in [3.63, 3.8) is 0 Å². The summed E-state index contributed by atoms with van der Waals surface area (Å²) >= 11 is 3.32. The molecule has 0 heterocycles. The molecule has 174 valence electrons. The van der Waals surface area contributed by atoms with Crippen molar-refractivity contribution < 1.29 is 24.2 Å². The van der Waals surface area contributed by atoms with Crippen LogP contribution in [0.4, 0.5) is 10.5 Å². The van der Waals surface area contributed by atoms with Gasteiger partial charge >= 0.3 is 12.1 Å². The van der Waals surface area contributed by atoms with Crippen LogP contribution in [0.15, 0.2) is 71.2 Å². The van der Waals surface area contributed by atoms with E-state index >= 15 is 0 Å². The zero-order chi connectivity index (χ0) is 24.5. The number of rotatable bonds is 6. The van der Waals surface area contributed by atoms with Gasteiger partial charge in [0, 0.05) is 21.6 Å². The molecule has 7 nitrogen and oxygen atoms in total. The van der Waals surface area contributed by atoms with Gasteiger partial charge in [-0.15, -0.1) is 0 Å². The van der Waals surface area contributed by atoms with E-state index in [2.05, 4.69) is 38.7 Å². The lowest BCUT2D eigenvalue weighted by Crippen LogP contribution is -2.49. The van der Waals surface area contributed by atoms with Crippen LogP contribution in [0.3, 0.4) is 0 Å². The van der Waals surface area contributed by atoms with E-state index in [1.54, 1.807) is 6.07 Å². The molecule has 3 aromatic rings. The number of fused-ring (bicyclic) bond motifs is 3. The minimum atomic E-state index is -1.44. The largest absolute Gasteiger partial charge is 0.480 e. The predicted molar refractivity (Wildman–Crippen MR) is 132 cm³/mol. The Bertz CT molecular complexity index is 1240. The molecule has 0 fully saturated rings. The number of aliphatic carboxylic acids is 1. The molecule has 0 unspecified atom stereocenters. The Balaban J connectivity index is 1.45. The highest BCUT2D eigenvalue weighted by Gasteiger charge is 2.30. The number of carboxylic acids is 1. The number of ether oxygens (including phenoxy) is 1. The van der Waals surface area contributed by atoms with Crippen LogP contribution in [0, 0.1) is 0 Å². The summed E-state index contributed by atoms with van der Waals surface area (Å²) in [5.74, 6) is -1.81. The summed E-state index contributed by atoms with van der Waals surface area (Å²) < 4.78 is 6.10. The van der Waals surface area contributed by atoms with Crippen LogP contribution in [0.25, 0.3) is 11.1 Å². The third-order valence-corrected chi connectivity index (χ3v) is 6.17. The highest BCUT2D eigenvalue weighted by atomic mass is 79.9. The summed E-state index contributed by atoms with van der Waals surface area (Å²) in [6.07, 6.45) is -0.655. The molecule has 0 radical (unpaired) electrons. The predicted octanol–water partition coefficient (Wildman–Crippen LogP) is 5.40. The van der Waals surface area contributed by atoms with E-state index in [1.165, 1.54) is 26.0 Å². The highest BCUT2D eigenvalue weighted by Crippen LogP contribution is 2.44. The van der Waals surface area contributed by atoms with E-state index in [-0.39, 0.29) is 18.1 Å². The number of hydrogen-bond donors (Lipinski definition) is 3. The number of nitrogens with one attached hydrogen (secondary N) is 2. The minimum Gasteiger partial charge on any atom is -0.480 e. The number of anilines is 1. The van der Waals surface area contributed by atoms with Crippen molar-refractivity contribution in [2.24, 2.45) is 0 Å². The molecule has 4 rings (SSSR count). The van der Waals surface area contributed by atoms with Crippen LogP contribution in [-0.2, 0) is 9.53 Å². The molecule has 1 aliphatic rings. The van der Waals surface area contributed by atoms with Gasteiger partial charge in [-0.25, -0.2) is 9.59 Å². The molecule has 0 saturated heterocycles. The van der Waals surface area contributed by atoms with Crippen molar-refractivity contribution in [2.45, 2.75) is 25.3 Å². The smallest absolute Gasteiger partial charge is 0.411 e. The Labute approximate surface area is 205 Å². The van der Waals surface area contributed by atoms with E-state index in [4.69, 9.17) is 4.74 Å². The summed E-state index contributed by atoms with van der Waals surface area (Å²) in [6, 6.07) is 20.7. The summed E-state index contributed by atoms with van der Waals surface area (Å²) in [7, 11) is 0. The van der Waals surface area contributed by atoms with Crippen molar-refractivity contribution in [1.29, 1.82) is 0 Å². The molecule has 3 aromatic carbocycles. The van der Waals surface area contributed by atoms with Crippen LogP contribution >= 0.6 is 15.9 Å². The maximum atomic E-state index is 12.6. The van der Waals surface area contributed by atoms with Crippen molar-refractivity contribution in [2.75, 3.05) is 11.9 Å². The zero-order valence-electron chi connectivity index (χ0n) is 18.6. The Morgan fingerprint density at radius 3 is 2.15 bits per heavy atom. The van der Waals surface area contributed by atoms with Crippen LogP contribution in [0.1, 0.15) is 41.3 Å². The zero-order valence-corrected chi connectivity index (χ0v) is 20.2. The van der Waals surface area contributed by atoms with Crippen LogP contribution in [0.5, 0.6) is 0 Å². The second-order valence-electron chi connectivity index (χ2n) is 8.56. The topological polar surface area (TPSA) is 105 Å². The fourth-order valence-corrected chi connectivity index (χ4v) is 4.45. The van der Waals surface area contributed by atoms with Gasteiger partial charge in [0.05, 0.1) is 0 Å². The van der Waals surface area contributed by atoms with E-state index in [0.29, 0.717) is 10.2 Å². The molecule has 0 aromatic heterocycles. The SMILES string of the molecule is CC(C)(NC(=O)c1cc(Br)cc(NC(=O)OCC2c3ccccc3-c3ccccc32)c1)C(=O)O. The van der Waals surface area contributed by atoms with Gasteiger partial charge in [-0.1, -0.05) is 64.5 Å². The van der Waals surface area contributed by atoms with Crippen LogP contribution in [0.2, 0.25) is 0 Å². The normalized spacial score (nSPS) is 12.4. The Kier molecular flexibility index (Phi) is 6.43. The van der Waals surface area contributed by atoms with E-state index < -0.39 is 23.5 Å². The summed E-state index contributed by atoms with van der Waals surface area (Å²) in [6.45, 7) is 2.94. The number of carbonyl (C=O) groups is 3. The quantitative estimate of drug-likeness (QED) is 0.401. The van der Waals surface area contributed by atoms with Crippen LogP contribution in [-0.4, -0.2) is 35.2 Å². The molecule has 0 bridgehead atoms. The molecule has 3 N–H and O–H groups in total. The standard InChI is InChI=1S/C26H23BrN2O5/c1-26(2,24(31)32)29-23(30)15-11-16(27)13-17(12-15)28-25(33)34-14-22-20-9-5-3-7-18(20)19-8-4-6-10-21(19)22/h3-13,22H,14H2,1-2H3,(H,28,33)(H,29,30)(H,31,32). The summed E-state index contributed by atoms with van der Waals surface area (Å²) in [5.41, 5.74) is 3.58. The van der Waals surface area contributed by atoms with Gasteiger partial charge in [0.2, 0.25) is 0 Å². The van der Waals surface area contributed by atoms with Crippen molar-refractivity contribution in [3.05, 3.63) is 87.9 Å². The van der Waals surface area contributed by atoms with Crippen LogP contribution < -0.4 is 10.6 Å². The first-order valence-corrected chi connectivity index (χ1v) is 11.4. The lowest BCUT2D eigenvalue weighted by atomic mass is 9.98. The minimum absolute atomic E-state index is 0.0692. The third-order valence-electron chi connectivity index (χ3n) is 5.71. The lowest BCUT2D eigenvalue weighted by Gasteiger charge is -2.21. The third kappa shape index (κ3) is 4.82. The number of carboxylic acid groups (broad SMARTS) is 1. The first-order valence-electron chi connectivity index (χ1n) is 10.6. The number of halogens is 1. The fourth-order valence-electron chi connectivity index (χ4n) is 3.95. The van der Waals surface area contributed by atoms with E-state index in [9.17, 15) is 19.5 Å². The molecular weight excluding hydrogens is 500 g/mol. The number of benzene rings is 3. The number of amides is 2. The molecule has 8 heteroatoms. The number of hydrogen-bond acceptors (Lipinski definition) is 4. The first kappa shape index (κ1) is 23.5. The summed E-state index contributed by atoms with van der Waals surface area (Å²) in [5, 5.41) is 14.3. The number of carbonyl (C=O) groups excluding carboxylic acids is 2. The van der Waals surface area contributed by atoms with Gasteiger partial charge in [-0.2, -0.15) is 0 Å². The molecule has 0 saturated carbocycles. The Hall–Kier alpha value is -3.65. The fraction of sp³-hybridized carbons (Fsp3) is 0.192. The van der Waals surface area contributed by atoms with Gasteiger partial charge in [0.1, 0.15) is 12.1 Å². The maximum Gasteiger partial charge on any atom is 0.411 e. The van der Waals surface area contributed by atoms with Gasteiger partial charge in [-0.3, -0.25) is 10.1 Å². The second kappa shape index (κ2) is 9.30. The monoisotopic (exact) mass is 522 g/mol. The van der Waals surface area contributed by atoms with Crippen molar-refractivity contribution in [3.8, 4) is 11.1 Å². The van der Waals surface area contributed by atoms with Crippen molar-refractivity contribution >= 4 is 39.6 Å². The molecule has 34 heavy (non-hydrogen) atoms. The van der Waals surface area contributed by atoms with Gasteiger partial charge in [0.25, 0.3) is 5.91 Å². The molecule has 2 amide bonds. The molecule has 1 aliphatic carbocycles. The van der Waals surface area contributed by atoms with Gasteiger partial charge < -0.3 is 15.2 Å². The molecule has 0 aliphatic heterocycles. The molecular formula is C26H23BrN2O5. The molecule has 0 atom stereocenters. The highest BCUT2D eigenvalue weighted by molar-refractivity contribution is 9.10. The van der Waals surface area contributed by atoms with Crippen molar-refractivity contribution in [1.82, 2.24) is 5.32 Å². The summed E-state index contributed by atoms with van der Waals surface area (Å²) in [4.78, 5) is 36.4. The Morgan fingerprint density at radius 2 is 1.56 bits per heavy atom. The Morgan fingerprint density at radius 1 is 0.971 bits per heavy atom. The second-order valence-corrected chi connectivity index (χ2v) is 9.48. The maximum absolute atomic E-state index is 12.6. The first-order chi connectivity index (χ1) is 16.2. The van der Waals surface area contributed by atoms with E-state index in [1.807, 2.05) is 36.4 Å². The molecule has 0 spiro atoms. The van der Waals surface area contributed by atoms with Gasteiger partial charge in [-0.05, 0) is 54.3 Å². The lowest BCUT2D eigenvalue weighted by molar-refractivity contribution is -0.143. The average Bonchev–Trinajstić information content (AvgIpc) is 3.10. The van der Waals surface area contributed by atoms with Gasteiger partial charge in [0.15, 0.2) is 0 Å². The van der Waals surface area contributed by atoms with E-state index in [0.717, 1.165) is 22.3 Å². The average molecular weight is 523 g/mol.